The molecule has 1 nitrogen and oxygen atoms in total. The molecule has 108 valence electrons. The van der Waals surface area contributed by atoms with E-state index in [1.165, 1.54) is 6.07 Å². The first-order valence-electron chi connectivity index (χ1n) is 6.54. The van der Waals surface area contributed by atoms with E-state index in [-0.39, 0.29) is 5.56 Å². The minimum absolute atomic E-state index is 0.297. The Morgan fingerprint density at radius 2 is 1.67 bits per heavy atom. The van der Waals surface area contributed by atoms with E-state index in [2.05, 4.69) is 0 Å². The van der Waals surface area contributed by atoms with Crippen molar-refractivity contribution in [1.29, 1.82) is 5.26 Å². The van der Waals surface area contributed by atoms with Crippen LogP contribution in [0, 0.1) is 11.3 Å². The van der Waals surface area contributed by atoms with Gasteiger partial charge in [0, 0.05) is 0 Å². The highest BCUT2D eigenvalue weighted by Gasteiger charge is 2.33. The predicted octanol–water partition coefficient (Wildman–Crippen LogP) is 5.37. The number of hydrogen-bond donors (Lipinski definition) is 0. The highest BCUT2D eigenvalue weighted by molar-refractivity contribution is 5.67. The van der Waals surface area contributed by atoms with E-state index in [0.717, 1.165) is 17.2 Å². The van der Waals surface area contributed by atoms with E-state index in [0.29, 0.717) is 11.5 Å². The Morgan fingerprint density at radius 3 is 2.24 bits per heavy atom. The van der Waals surface area contributed by atoms with Crippen LogP contribution in [0.1, 0.15) is 36.5 Å². The first kappa shape index (κ1) is 15.1. The molecular formula is C17H14F3N. The fourth-order valence-electron chi connectivity index (χ4n) is 2.13. The van der Waals surface area contributed by atoms with Crippen LogP contribution in [0.5, 0.6) is 0 Å². The van der Waals surface area contributed by atoms with Crippen LogP contribution in [0.4, 0.5) is 13.2 Å². The van der Waals surface area contributed by atoms with Gasteiger partial charge in [0.05, 0.1) is 17.2 Å². The third-order valence-electron chi connectivity index (χ3n) is 3.33. The number of hydrogen-bond acceptors (Lipinski definition) is 1. The molecule has 0 aliphatic heterocycles. The molecule has 0 bridgehead atoms. The number of rotatable bonds is 2. The van der Waals surface area contributed by atoms with Crippen molar-refractivity contribution in [3.8, 4) is 17.2 Å². The van der Waals surface area contributed by atoms with E-state index in [1.54, 1.807) is 18.2 Å². The molecule has 0 unspecified atom stereocenters. The van der Waals surface area contributed by atoms with Crippen LogP contribution in [0.3, 0.4) is 0 Å². The van der Waals surface area contributed by atoms with Gasteiger partial charge in [-0.15, -0.1) is 0 Å². The summed E-state index contributed by atoms with van der Waals surface area (Å²) in [4.78, 5) is 0. The minimum Gasteiger partial charge on any atom is -0.192 e. The van der Waals surface area contributed by atoms with Crippen LogP contribution in [-0.2, 0) is 6.18 Å². The summed E-state index contributed by atoms with van der Waals surface area (Å²) in [5.41, 5.74) is 0.995. The Labute approximate surface area is 121 Å². The van der Waals surface area contributed by atoms with Crippen molar-refractivity contribution in [2.75, 3.05) is 0 Å². The molecule has 0 amide bonds. The van der Waals surface area contributed by atoms with Crippen molar-refractivity contribution >= 4 is 0 Å². The van der Waals surface area contributed by atoms with Crippen molar-refractivity contribution in [1.82, 2.24) is 0 Å². The van der Waals surface area contributed by atoms with Crippen molar-refractivity contribution in [3.05, 3.63) is 59.2 Å². The molecule has 0 saturated carbocycles. The van der Waals surface area contributed by atoms with Crippen LogP contribution in [0.15, 0.2) is 42.5 Å². The highest BCUT2D eigenvalue weighted by atomic mass is 19.4. The van der Waals surface area contributed by atoms with E-state index >= 15 is 0 Å². The Hall–Kier alpha value is -2.28. The fourth-order valence-corrected chi connectivity index (χ4v) is 2.13. The van der Waals surface area contributed by atoms with Gasteiger partial charge in [0.15, 0.2) is 0 Å². The van der Waals surface area contributed by atoms with E-state index in [4.69, 9.17) is 5.26 Å². The normalized spacial score (nSPS) is 11.5. The largest absolute Gasteiger partial charge is 0.417 e. The average Bonchev–Trinajstić information content (AvgIpc) is 2.45. The van der Waals surface area contributed by atoms with Gasteiger partial charge in [0.1, 0.15) is 0 Å². The second-order valence-corrected chi connectivity index (χ2v) is 5.15. The predicted molar refractivity (Wildman–Crippen MR) is 75.7 cm³/mol. The molecular weight excluding hydrogens is 275 g/mol. The van der Waals surface area contributed by atoms with Gasteiger partial charge in [-0.2, -0.15) is 18.4 Å². The van der Waals surface area contributed by atoms with Gasteiger partial charge in [0.25, 0.3) is 0 Å². The third kappa shape index (κ3) is 3.25. The second-order valence-electron chi connectivity index (χ2n) is 5.15. The highest BCUT2D eigenvalue weighted by Crippen LogP contribution is 2.35. The zero-order chi connectivity index (χ0) is 15.6. The molecule has 21 heavy (non-hydrogen) atoms. The lowest BCUT2D eigenvalue weighted by Gasteiger charge is -2.12. The summed E-state index contributed by atoms with van der Waals surface area (Å²) in [6.45, 7) is 4.05. The van der Waals surface area contributed by atoms with Gasteiger partial charge in [0.2, 0.25) is 0 Å². The molecule has 0 radical (unpaired) electrons. The zero-order valence-corrected chi connectivity index (χ0v) is 11.7. The number of nitrogens with zero attached hydrogens (tertiary/aromatic N) is 1. The van der Waals surface area contributed by atoms with Crippen LogP contribution < -0.4 is 0 Å². The molecule has 0 heterocycles. The summed E-state index contributed by atoms with van der Waals surface area (Å²) in [7, 11) is 0. The molecule has 2 rings (SSSR count). The van der Waals surface area contributed by atoms with Crippen LogP contribution in [-0.4, -0.2) is 0 Å². The average molecular weight is 289 g/mol. The molecule has 2 aromatic carbocycles. The lowest BCUT2D eigenvalue weighted by Crippen LogP contribution is -2.08. The maximum absolute atomic E-state index is 13.0. The van der Waals surface area contributed by atoms with Gasteiger partial charge in [-0.05, 0) is 34.7 Å². The Morgan fingerprint density at radius 1 is 1.00 bits per heavy atom. The van der Waals surface area contributed by atoms with E-state index in [9.17, 15) is 13.2 Å². The first-order valence-corrected chi connectivity index (χ1v) is 6.54. The van der Waals surface area contributed by atoms with Crippen molar-refractivity contribution < 1.29 is 13.2 Å². The Bertz CT molecular complexity index is 694. The Kier molecular flexibility index (Phi) is 4.04. The maximum Gasteiger partial charge on any atom is 0.417 e. The Balaban J connectivity index is 2.56. The molecule has 4 heteroatoms. The number of nitriles is 1. The van der Waals surface area contributed by atoms with Crippen molar-refractivity contribution in [3.63, 3.8) is 0 Å². The van der Waals surface area contributed by atoms with Crippen molar-refractivity contribution in [2.45, 2.75) is 25.9 Å². The van der Waals surface area contributed by atoms with Crippen LogP contribution in [0.25, 0.3) is 11.1 Å². The second kappa shape index (κ2) is 5.61. The van der Waals surface area contributed by atoms with E-state index < -0.39 is 11.7 Å². The molecule has 0 saturated heterocycles. The van der Waals surface area contributed by atoms with Crippen LogP contribution >= 0.6 is 0 Å². The standard InChI is InChI=1S/C17H14F3N/c1-11(2)12-4-3-5-13(8-12)14-6-7-15(10-21)16(9-14)17(18,19)20/h3-9,11H,1-2H3. The van der Waals surface area contributed by atoms with Gasteiger partial charge < -0.3 is 0 Å². The molecule has 0 N–H and O–H groups in total. The van der Waals surface area contributed by atoms with Gasteiger partial charge in [-0.25, -0.2) is 0 Å². The monoisotopic (exact) mass is 289 g/mol. The summed E-state index contributed by atoms with van der Waals surface area (Å²) in [5, 5.41) is 8.81. The maximum atomic E-state index is 13.0. The minimum atomic E-state index is -4.53. The SMILES string of the molecule is CC(C)c1cccc(-c2ccc(C#N)c(C(F)(F)F)c2)c1. The summed E-state index contributed by atoms with van der Waals surface area (Å²) in [6, 6.07) is 12.8. The lowest BCUT2D eigenvalue weighted by molar-refractivity contribution is -0.137. The molecule has 0 aliphatic rings. The third-order valence-corrected chi connectivity index (χ3v) is 3.33. The summed E-state index contributed by atoms with van der Waals surface area (Å²) in [5.74, 6) is 0.297. The molecule has 0 atom stereocenters. The van der Waals surface area contributed by atoms with Crippen molar-refractivity contribution in [2.24, 2.45) is 0 Å². The number of alkyl halides is 3. The molecule has 0 aliphatic carbocycles. The first-order chi connectivity index (χ1) is 9.82. The van der Waals surface area contributed by atoms with Crippen LogP contribution in [0.2, 0.25) is 0 Å². The quantitative estimate of drug-likeness (QED) is 0.729. The van der Waals surface area contributed by atoms with Gasteiger partial charge >= 0.3 is 6.18 Å². The summed E-state index contributed by atoms with van der Waals surface area (Å²) in [6.07, 6.45) is -4.53. The molecule has 0 spiro atoms. The zero-order valence-electron chi connectivity index (χ0n) is 11.7. The molecule has 0 fully saturated rings. The summed E-state index contributed by atoms with van der Waals surface area (Å²) >= 11 is 0. The number of benzene rings is 2. The van der Waals surface area contributed by atoms with E-state index in [1.807, 2.05) is 32.0 Å². The lowest BCUT2D eigenvalue weighted by atomic mass is 9.95. The van der Waals surface area contributed by atoms with Gasteiger partial charge in [-0.1, -0.05) is 44.2 Å². The summed E-state index contributed by atoms with van der Waals surface area (Å²) < 4.78 is 39.0. The fraction of sp³-hybridized carbons (Fsp3) is 0.235. The molecule has 2 aromatic rings. The number of halogens is 3. The smallest absolute Gasteiger partial charge is 0.192 e. The topological polar surface area (TPSA) is 23.8 Å². The molecule has 0 aromatic heterocycles. The van der Waals surface area contributed by atoms with Gasteiger partial charge in [-0.3, -0.25) is 0 Å².